The molecule has 0 radical (unpaired) electrons. The first-order valence-corrected chi connectivity index (χ1v) is 6.51. The van der Waals surface area contributed by atoms with E-state index in [1.165, 1.54) is 37.8 Å². The fourth-order valence-electron chi connectivity index (χ4n) is 2.49. The maximum Gasteiger partial charge on any atom is 0.0951 e. The fourth-order valence-corrected chi connectivity index (χ4v) is 2.49. The molecule has 1 aliphatic carbocycles. The van der Waals surface area contributed by atoms with Gasteiger partial charge in [0.25, 0.3) is 0 Å². The lowest BCUT2D eigenvalue weighted by Crippen LogP contribution is -2.31. The molecule has 0 aromatic carbocycles. The Labute approximate surface area is 98.3 Å². The summed E-state index contributed by atoms with van der Waals surface area (Å²) < 4.78 is 2.25. The number of hydrogen-bond donors (Lipinski definition) is 1. The summed E-state index contributed by atoms with van der Waals surface area (Å²) in [5.74, 6) is 0. The van der Waals surface area contributed by atoms with Gasteiger partial charge in [0.05, 0.1) is 12.0 Å². The molecule has 1 saturated carbocycles. The SMILES string of the molecule is CC(C)n1cncc1CNC1CCCCC1. The second kappa shape index (κ2) is 5.48. The summed E-state index contributed by atoms with van der Waals surface area (Å²) in [6, 6.07) is 1.23. The van der Waals surface area contributed by atoms with E-state index in [1.54, 1.807) is 0 Å². The Morgan fingerprint density at radius 3 is 2.81 bits per heavy atom. The van der Waals surface area contributed by atoms with Crippen LogP contribution in [0.5, 0.6) is 0 Å². The maximum atomic E-state index is 4.23. The molecule has 0 bridgehead atoms. The highest BCUT2D eigenvalue weighted by Gasteiger charge is 2.13. The van der Waals surface area contributed by atoms with Crippen molar-refractivity contribution in [3.8, 4) is 0 Å². The van der Waals surface area contributed by atoms with Crippen molar-refractivity contribution in [1.82, 2.24) is 14.9 Å². The summed E-state index contributed by atoms with van der Waals surface area (Å²) >= 11 is 0. The largest absolute Gasteiger partial charge is 0.331 e. The Morgan fingerprint density at radius 1 is 1.38 bits per heavy atom. The average molecular weight is 221 g/mol. The van der Waals surface area contributed by atoms with E-state index in [-0.39, 0.29) is 0 Å². The number of hydrogen-bond acceptors (Lipinski definition) is 2. The molecule has 0 spiro atoms. The van der Waals surface area contributed by atoms with Gasteiger partial charge in [0.1, 0.15) is 0 Å². The van der Waals surface area contributed by atoms with Gasteiger partial charge in [-0.15, -0.1) is 0 Å². The van der Waals surface area contributed by atoms with Crippen molar-refractivity contribution in [3.05, 3.63) is 18.2 Å². The Kier molecular flexibility index (Phi) is 3.99. The molecule has 16 heavy (non-hydrogen) atoms. The van der Waals surface area contributed by atoms with Crippen LogP contribution >= 0.6 is 0 Å². The maximum absolute atomic E-state index is 4.23. The fraction of sp³-hybridized carbons (Fsp3) is 0.769. The van der Waals surface area contributed by atoms with E-state index in [9.17, 15) is 0 Å². The topological polar surface area (TPSA) is 29.9 Å². The zero-order valence-corrected chi connectivity index (χ0v) is 10.4. The zero-order valence-electron chi connectivity index (χ0n) is 10.4. The molecule has 0 aliphatic heterocycles. The molecule has 1 N–H and O–H groups in total. The first kappa shape index (κ1) is 11.6. The molecule has 90 valence electrons. The summed E-state index contributed by atoms with van der Waals surface area (Å²) in [6.45, 7) is 5.36. The Morgan fingerprint density at radius 2 is 2.12 bits per heavy atom. The highest BCUT2D eigenvalue weighted by atomic mass is 15.1. The molecular formula is C13H23N3. The van der Waals surface area contributed by atoms with Gasteiger partial charge in [-0.3, -0.25) is 0 Å². The van der Waals surface area contributed by atoms with Crippen LogP contribution in [0.1, 0.15) is 57.7 Å². The van der Waals surface area contributed by atoms with E-state index >= 15 is 0 Å². The number of imidazole rings is 1. The minimum atomic E-state index is 0.505. The van der Waals surface area contributed by atoms with Crippen molar-refractivity contribution in [2.75, 3.05) is 0 Å². The van der Waals surface area contributed by atoms with Crippen molar-refractivity contribution in [2.24, 2.45) is 0 Å². The lowest BCUT2D eigenvalue weighted by Gasteiger charge is -2.23. The Bertz CT molecular complexity index is 311. The Balaban J connectivity index is 1.86. The van der Waals surface area contributed by atoms with Gasteiger partial charge in [-0.05, 0) is 26.7 Å². The summed E-state index contributed by atoms with van der Waals surface area (Å²) in [4.78, 5) is 4.23. The summed E-state index contributed by atoms with van der Waals surface area (Å²) in [5.41, 5.74) is 1.31. The van der Waals surface area contributed by atoms with Crippen LogP contribution in [-0.4, -0.2) is 15.6 Å². The van der Waals surface area contributed by atoms with Gasteiger partial charge >= 0.3 is 0 Å². The van der Waals surface area contributed by atoms with E-state index in [2.05, 4.69) is 28.7 Å². The quantitative estimate of drug-likeness (QED) is 0.847. The first-order valence-electron chi connectivity index (χ1n) is 6.51. The van der Waals surface area contributed by atoms with Crippen LogP contribution < -0.4 is 5.32 Å². The molecule has 1 aromatic heterocycles. The number of rotatable bonds is 4. The van der Waals surface area contributed by atoms with Crippen molar-refractivity contribution >= 4 is 0 Å². The van der Waals surface area contributed by atoms with Gasteiger partial charge in [-0.2, -0.15) is 0 Å². The Hall–Kier alpha value is -0.830. The molecule has 3 nitrogen and oxygen atoms in total. The molecule has 3 heteroatoms. The molecule has 1 aliphatic rings. The molecule has 0 unspecified atom stereocenters. The van der Waals surface area contributed by atoms with Gasteiger partial charge in [0, 0.05) is 24.8 Å². The summed E-state index contributed by atoms with van der Waals surface area (Å²) in [7, 11) is 0. The van der Waals surface area contributed by atoms with Crippen LogP contribution in [0.25, 0.3) is 0 Å². The third-order valence-corrected chi connectivity index (χ3v) is 3.48. The van der Waals surface area contributed by atoms with Crippen LogP contribution in [0.4, 0.5) is 0 Å². The molecule has 1 fully saturated rings. The second-order valence-corrected chi connectivity index (χ2v) is 5.10. The third-order valence-electron chi connectivity index (χ3n) is 3.48. The van der Waals surface area contributed by atoms with Crippen LogP contribution in [0.2, 0.25) is 0 Å². The van der Waals surface area contributed by atoms with Crippen LogP contribution in [0.15, 0.2) is 12.5 Å². The van der Waals surface area contributed by atoms with Gasteiger partial charge in [-0.25, -0.2) is 4.98 Å². The lowest BCUT2D eigenvalue weighted by atomic mass is 9.95. The number of nitrogens with one attached hydrogen (secondary N) is 1. The predicted molar refractivity (Wildman–Crippen MR) is 66.3 cm³/mol. The number of nitrogens with zero attached hydrogens (tertiary/aromatic N) is 2. The van der Waals surface area contributed by atoms with Gasteiger partial charge in [-0.1, -0.05) is 19.3 Å². The van der Waals surface area contributed by atoms with Crippen LogP contribution in [0.3, 0.4) is 0 Å². The van der Waals surface area contributed by atoms with Gasteiger partial charge < -0.3 is 9.88 Å². The molecule has 0 amide bonds. The van der Waals surface area contributed by atoms with Crippen molar-refractivity contribution in [3.63, 3.8) is 0 Å². The standard InChI is InChI=1S/C13H23N3/c1-11(2)16-10-14-8-13(16)9-15-12-6-4-3-5-7-12/h8,10-12,15H,3-7,9H2,1-2H3. The van der Waals surface area contributed by atoms with E-state index in [0.717, 1.165) is 12.6 Å². The van der Waals surface area contributed by atoms with E-state index in [4.69, 9.17) is 0 Å². The molecule has 1 heterocycles. The van der Waals surface area contributed by atoms with Gasteiger partial charge in [0.15, 0.2) is 0 Å². The van der Waals surface area contributed by atoms with Crippen LogP contribution in [-0.2, 0) is 6.54 Å². The normalized spacial score (nSPS) is 18.2. The smallest absolute Gasteiger partial charge is 0.0951 e. The molecule has 0 saturated heterocycles. The number of aromatic nitrogens is 2. The van der Waals surface area contributed by atoms with Crippen LogP contribution in [0, 0.1) is 0 Å². The first-order chi connectivity index (χ1) is 7.77. The minimum absolute atomic E-state index is 0.505. The molecule has 1 aromatic rings. The summed E-state index contributed by atoms with van der Waals surface area (Å²) in [5, 5.41) is 3.66. The molecular weight excluding hydrogens is 198 g/mol. The molecule has 2 rings (SSSR count). The highest BCUT2D eigenvalue weighted by molar-refractivity contribution is 4.99. The monoisotopic (exact) mass is 221 g/mol. The lowest BCUT2D eigenvalue weighted by molar-refractivity contribution is 0.367. The van der Waals surface area contributed by atoms with Crippen molar-refractivity contribution in [1.29, 1.82) is 0 Å². The van der Waals surface area contributed by atoms with Crippen molar-refractivity contribution < 1.29 is 0 Å². The van der Waals surface area contributed by atoms with Gasteiger partial charge in [0.2, 0.25) is 0 Å². The highest BCUT2D eigenvalue weighted by Crippen LogP contribution is 2.18. The predicted octanol–water partition coefficient (Wildman–Crippen LogP) is 2.89. The van der Waals surface area contributed by atoms with E-state index in [0.29, 0.717) is 6.04 Å². The zero-order chi connectivity index (χ0) is 11.4. The average Bonchev–Trinajstić information content (AvgIpc) is 2.76. The van der Waals surface area contributed by atoms with E-state index in [1.807, 2.05) is 12.5 Å². The second-order valence-electron chi connectivity index (χ2n) is 5.10. The minimum Gasteiger partial charge on any atom is -0.331 e. The third kappa shape index (κ3) is 2.85. The summed E-state index contributed by atoms with van der Waals surface area (Å²) in [6.07, 6.45) is 10.8. The van der Waals surface area contributed by atoms with E-state index < -0.39 is 0 Å². The molecule has 0 atom stereocenters. The van der Waals surface area contributed by atoms with Crippen molar-refractivity contribution in [2.45, 2.75) is 64.6 Å².